The summed E-state index contributed by atoms with van der Waals surface area (Å²) in [5.74, 6) is -0.763. The Bertz CT molecular complexity index is 1130. The topological polar surface area (TPSA) is 97.0 Å². The molecule has 0 aliphatic carbocycles. The summed E-state index contributed by atoms with van der Waals surface area (Å²) >= 11 is 6.31. The number of ether oxygens (including phenoxy) is 2. The van der Waals surface area contributed by atoms with Gasteiger partial charge in [0.1, 0.15) is 23.2 Å². The maximum absolute atomic E-state index is 14.8. The molecule has 2 aromatic carbocycles. The Labute approximate surface area is 165 Å². The van der Waals surface area contributed by atoms with Crippen molar-refractivity contribution in [3.05, 3.63) is 75.9 Å². The molecule has 140 valence electrons. The molecule has 2 heterocycles. The molecule has 0 saturated heterocycles. The molecule has 1 aromatic heterocycles. The number of fused-ring (bicyclic) bond motifs is 1. The van der Waals surface area contributed by atoms with Crippen LogP contribution in [0.25, 0.3) is 11.3 Å². The standard InChI is InChI=1S/C20H14ClFN4O2/c1-27-11-5-2-4-10(8-11)18-17-15(16-13(21)6-3-7-14(16)22)12(9-23)19(24)28-20(17)26-25-18/h2-8,15H,24H2,1H3,(H,25,26)/t15-/m1/s1. The highest BCUT2D eigenvalue weighted by Crippen LogP contribution is 2.48. The molecule has 0 unspecified atom stereocenters. The van der Waals surface area contributed by atoms with Crippen molar-refractivity contribution in [1.29, 1.82) is 5.26 Å². The highest BCUT2D eigenvalue weighted by molar-refractivity contribution is 6.31. The van der Waals surface area contributed by atoms with Gasteiger partial charge in [-0.15, -0.1) is 5.10 Å². The molecule has 28 heavy (non-hydrogen) atoms. The number of benzene rings is 2. The zero-order valence-electron chi connectivity index (χ0n) is 14.7. The second-order valence-electron chi connectivity index (χ2n) is 6.11. The van der Waals surface area contributed by atoms with Gasteiger partial charge in [-0.25, -0.2) is 4.39 Å². The van der Waals surface area contributed by atoms with E-state index in [0.717, 1.165) is 5.56 Å². The Kier molecular flexibility index (Phi) is 4.41. The fourth-order valence-corrected chi connectivity index (χ4v) is 3.59. The van der Waals surface area contributed by atoms with Gasteiger partial charge < -0.3 is 15.2 Å². The van der Waals surface area contributed by atoms with Gasteiger partial charge >= 0.3 is 0 Å². The van der Waals surface area contributed by atoms with Crippen LogP contribution in [0.4, 0.5) is 4.39 Å². The smallest absolute Gasteiger partial charge is 0.244 e. The molecule has 4 rings (SSSR count). The highest BCUT2D eigenvalue weighted by Gasteiger charge is 2.38. The number of nitrogens with zero attached hydrogens (tertiary/aromatic N) is 2. The molecule has 1 aliphatic heterocycles. The van der Waals surface area contributed by atoms with Crippen molar-refractivity contribution in [2.24, 2.45) is 5.73 Å². The molecule has 0 bridgehead atoms. The number of aromatic nitrogens is 2. The Morgan fingerprint density at radius 3 is 2.79 bits per heavy atom. The number of hydrogen-bond donors (Lipinski definition) is 2. The lowest BCUT2D eigenvalue weighted by atomic mass is 9.82. The van der Waals surface area contributed by atoms with Crippen LogP contribution < -0.4 is 15.2 Å². The largest absolute Gasteiger partial charge is 0.497 e. The zero-order valence-corrected chi connectivity index (χ0v) is 15.4. The molecular formula is C20H14ClFN4O2. The maximum Gasteiger partial charge on any atom is 0.244 e. The molecule has 1 aliphatic rings. The quantitative estimate of drug-likeness (QED) is 0.694. The van der Waals surface area contributed by atoms with Crippen LogP contribution in [0.5, 0.6) is 11.6 Å². The van der Waals surface area contributed by atoms with Crippen molar-refractivity contribution in [1.82, 2.24) is 10.2 Å². The Morgan fingerprint density at radius 2 is 2.07 bits per heavy atom. The number of methoxy groups -OCH3 is 1. The number of nitriles is 1. The van der Waals surface area contributed by atoms with E-state index in [1.54, 1.807) is 25.3 Å². The van der Waals surface area contributed by atoms with Gasteiger partial charge in [-0.1, -0.05) is 29.8 Å². The van der Waals surface area contributed by atoms with Gasteiger partial charge in [0.2, 0.25) is 11.8 Å². The molecule has 0 fully saturated rings. The van der Waals surface area contributed by atoms with E-state index < -0.39 is 11.7 Å². The minimum atomic E-state index is -0.873. The third-order valence-corrected chi connectivity index (χ3v) is 4.92. The van der Waals surface area contributed by atoms with Gasteiger partial charge in [0.25, 0.3) is 0 Å². The van der Waals surface area contributed by atoms with Crippen LogP contribution >= 0.6 is 11.6 Å². The van der Waals surface area contributed by atoms with Crippen molar-refractivity contribution >= 4 is 11.6 Å². The van der Waals surface area contributed by atoms with Crippen LogP contribution in [-0.4, -0.2) is 17.3 Å². The number of hydrogen-bond acceptors (Lipinski definition) is 5. The molecular weight excluding hydrogens is 383 g/mol. The Hall–Kier alpha value is -3.50. The number of aromatic amines is 1. The number of rotatable bonds is 3. The van der Waals surface area contributed by atoms with Crippen LogP contribution in [-0.2, 0) is 0 Å². The van der Waals surface area contributed by atoms with Crippen molar-refractivity contribution in [3.63, 3.8) is 0 Å². The fraction of sp³-hybridized carbons (Fsp3) is 0.100. The molecule has 3 N–H and O–H groups in total. The third-order valence-electron chi connectivity index (χ3n) is 4.59. The van der Waals surface area contributed by atoms with E-state index in [-0.39, 0.29) is 27.9 Å². The number of nitrogens with one attached hydrogen (secondary N) is 1. The van der Waals surface area contributed by atoms with Gasteiger partial charge in [0.05, 0.1) is 24.3 Å². The lowest BCUT2D eigenvalue weighted by Crippen LogP contribution is -2.21. The van der Waals surface area contributed by atoms with Crippen LogP contribution in [0.15, 0.2) is 53.9 Å². The van der Waals surface area contributed by atoms with Crippen molar-refractivity contribution in [2.75, 3.05) is 7.11 Å². The molecule has 0 saturated carbocycles. The second-order valence-corrected chi connectivity index (χ2v) is 6.52. The van der Waals surface area contributed by atoms with Crippen molar-refractivity contribution < 1.29 is 13.9 Å². The second kappa shape index (κ2) is 6.91. The van der Waals surface area contributed by atoms with Gasteiger partial charge in [0, 0.05) is 16.1 Å². The first-order chi connectivity index (χ1) is 13.5. The number of halogens is 2. The first-order valence-electron chi connectivity index (χ1n) is 8.29. The minimum Gasteiger partial charge on any atom is -0.497 e. The first kappa shape index (κ1) is 17.9. The molecule has 6 nitrogen and oxygen atoms in total. The first-order valence-corrected chi connectivity index (χ1v) is 8.67. The molecule has 0 amide bonds. The van der Waals surface area contributed by atoms with Gasteiger partial charge in [0.15, 0.2) is 0 Å². The lowest BCUT2D eigenvalue weighted by Gasteiger charge is -2.25. The summed E-state index contributed by atoms with van der Waals surface area (Å²) in [6.45, 7) is 0. The number of H-pyrrole nitrogens is 1. The average Bonchev–Trinajstić information content (AvgIpc) is 3.11. The van der Waals surface area contributed by atoms with E-state index in [9.17, 15) is 9.65 Å². The predicted octanol–water partition coefficient (Wildman–Crippen LogP) is 4.10. The fourth-order valence-electron chi connectivity index (χ4n) is 3.32. The number of allylic oxidation sites excluding steroid dienone is 1. The zero-order chi connectivity index (χ0) is 19.8. The van der Waals surface area contributed by atoms with Crippen LogP contribution in [0, 0.1) is 17.1 Å². The summed E-state index contributed by atoms with van der Waals surface area (Å²) in [6, 6.07) is 13.6. The van der Waals surface area contributed by atoms with E-state index in [0.29, 0.717) is 17.0 Å². The Morgan fingerprint density at radius 1 is 1.29 bits per heavy atom. The average molecular weight is 397 g/mol. The molecule has 1 atom stereocenters. The van der Waals surface area contributed by atoms with Crippen LogP contribution in [0.2, 0.25) is 5.02 Å². The molecule has 8 heteroatoms. The van der Waals surface area contributed by atoms with E-state index in [4.69, 9.17) is 26.8 Å². The van der Waals surface area contributed by atoms with Crippen LogP contribution in [0.1, 0.15) is 17.0 Å². The summed E-state index contributed by atoms with van der Waals surface area (Å²) in [5, 5.41) is 16.9. The lowest BCUT2D eigenvalue weighted by molar-refractivity contribution is 0.378. The SMILES string of the molecule is COc1cccc(-c2[nH]nc3c2[C@@H](c2c(F)cccc2Cl)C(C#N)=C(N)O3)c1. The normalized spacial score (nSPS) is 15.6. The molecule has 0 radical (unpaired) electrons. The van der Waals surface area contributed by atoms with Gasteiger partial charge in [-0.2, -0.15) is 5.26 Å². The summed E-state index contributed by atoms with van der Waals surface area (Å²) in [5.41, 5.74) is 7.88. The Balaban J connectivity index is 2.00. The summed E-state index contributed by atoms with van der Waals surface area (Å²) in [7, 11) is 1.56. The minimum absolute atomic E-state index is 0.0602. The highest BCUT2D eigenvalue weighted by atomic mass is 35.5. The number of nitrogens with two attached hydrogens (primary N) is 1. The van der Waals surface area contributed by atoms with Crippen molar-refractivity contribution in [2.45, 2.75) is 5.92 Å². The van der Waals surface area contributed by atoms with Gasteiger partial charge in [-0.3, -0.25) is 5.10 Å². The summed E-state index contributed by atoms with van der Waals surface area (Å²) in [4.78, 5) is 0. The molecule has 0 spiro atoms. The van der Waals surface area contributed by atoms with Gasteiger partial charge in [-0.05, 0) is 24.3 Å². The summed E-state index contributed by atoms with van der Waals surface area (Å²) < 4.78 is 25.6. The predicted molar refractivity (Wildman–Crippen MR) is 101 cm³/mol. The molecule has 3 aromatic rings. The van der Waals surface area contributed by atoms with E-state index in [1.807, 2.05) is 18.2 Å². The monoisotopic (exact) mass is 396 g/mol. The maximum atomic E-state index is 14.8. The van der Waals surface area contributed by atoms with E-state index in [2.05, 4.69) is 10.2 Å². The van der Waals surface area contributed by atoms with E-state index in [1.165, 1.54) is 12.1 Å². The van der Waals surface area contributed by atoms with E-state index >= 15 is 0 Å². The third kappa shape index (κ3) is 2.75. The van der Waals surface area contributed by atoms with Crippen LogP contribution in [0.3, 0.4) is 0 Å². The summed E-state index contributed by atoms with van der Waals surface area (Å²) in [6.07, 6.45) is 0. The van der Waals surface area contributed by atoms with Crippen molar-refractivity contribution in [3.8, 4) is 29.0 Å².